The van der Waals surface area contributed by atoms with Crippen molar-refractivity contribution in [3.05, 3.63) is 95.3 Å². The quantitative estimate of drug-likeness (QED) is 0.750. The molecule has 130 valence electrons. The molecule has 0 bridgehead atoms. The molecule has 1 aromatic heterocycles. The highest BCUT2D eigenvalue weighted by molar-refractivity contribution is 5.96. The van der Waals surface area contributed by atoms with Crippen molar-refractivity contribution in [2.45, 2.75) is 25.7 Å². The molecule has 3 aromatic rings. The van der Waals surface area contributed by atoms with E-state index in [0.717, 1.165) is 12.1 Å². The Morgan fingerprint density at radius 3 is 2.19 bits per heavy atom. The number of amides is 1. The van der Waals surface area contributed by atoms with Gasteiger partial charge < -0.3 is 5.32 Å². The number of aryl methyl sites for hydroxylation is 2. The van der Waals surface area contributed by atoms with Crippen LogP contribution in [0.5, 0.6) is 0 Å². The van der Waals surface area contributed by atoms with Crippen molar-refractivity contribution in [2.75, 3.05) is 5.32 Å². The lowest BCUT2D eigenvalue weighted by Crippen LogP contribution is -2.22. The number of nitrogens with zero attached hydrogens (tertiary/aromatic N) is 1. The van der Waals surface area contributed by atoms with Crippen LogP contribution in [0.15, 0.2) is 73.1 Å². The third-order valence-electron chi connectivity index (χ3n) is 5.27. The van der Waals surface area contributed by atoms with Gasteiger partial charge in [-0.3, -0.25) is 9.78 Å². The molecule has 0 unspecified atom stereocenters. The molecule has 1 amide bonds. The molecular weight excluding hydrogens is 320 g/mol. The first-order valence-electron chi connectivity index (χ1n) is 8.95. The van der Waals surface area contributed by atoms with Gasteiger partial charge in [0.1, 0.15) is 0 Å². The lowest BCUT2D eigenvalue weighted by atomic mass is 9.84. The second kappa shape index (κ2) is 6.41. The monoisotopic (exact) mass is 342 g/mol. The summed E-state index contributed by atoms with van der Waals surface area (Å²) in [4.78, 5) is 17.0. The molecular formula is C23H22N2O. The fraction of sp³-hybridized carbons (Fsp3) is 0.217. The van der Waals surface area contributed by atoms with Crippen LogP contribution in [0.25, 0.3) is 0 Å². The molecule has 1 atom stereocenters. The Morgan fingerprint density at radius 2 is 1.65 bits per heavy atom. The van der Waals surface area contributed by atoms with Crippen LogP contribution in [0.3, 0.4) is 0 Å². The van der Waals surface area contributed by atoms with Crippen molar-refractivity contribution >= 4 is 11.6 Å². The first kappa shape index (κ1) is 16.5. The molecule has 0 radical (unpaired) electrons. The molecule has 1 heterocycles. The highest BCUT2D eigenvalue weighted by Crippen LogP contribution is 2.59. The van der Waals surface area contributed by atoms with Gasteiger partial charge in [-0.25, -0.2) is 0 Å². The number of pyridine rings is 1. The van der Waals surface area contributed by atoms with Gasteiger partial charge in [0.25, 0.3) is 0 Å². The number of carbonyl (C=O) groups excluding carboxylic acids is 1. The van der Waals surface area contributed by atoms with Crippen LogP contribution in [0.1, 0.15) is 28.7 Å². The summed E-state index contributed by atoms with van der Waals surface area (Å²) >= 11 is 0. The third kappa shape index (κ3) is 2.90. The third-order valence-corrected chi connectivity index (χ3v) is 5.27. The molecule has 1 N–H and O–H groups in total. The Kier molecular flexibility index (Phi) is 4.08. The summed E-state index contributed by atoms with van der Waals surface area (Å²) in [7, 11) is 0. The first-order valence-corrected chi connectivity index (χ1v) is 8.95. The normalized spacial score (nSPS) is 17.5. The molecule has 0 aliphatic heterocycles. The molecule has 1 saturated carbocycles. The van der Waals surface area contributed by atoms with Gasteiger partial charge >= 0.3 is 0 Å². The average molecular weight is 342 g/mol. The SMILES string of the molecule is Cc1cccc(C2(c3cccc(C)c3)C[C@H]2C(=O)Nc2cccnc2)c1. The summed E-state index contributed by atoms with van der Waals surface area (Å²) in [5.74, 6) is -0.0210. The van der Waals surface area contributed by atoms with Gasteiger partial charge in [0.15, 0.2) is 0 Å². The number of anilines is 1. The first-order chi connectivity index (χ1) is 12.6. The standard InChI is InChI=1S/C23H22N2O/c1-16-6-3-8-18(12-16)23(19-9-4-7-17(2)13-19)14-21(23)22(26)25-20-10-5-11-24-15-20/h3-13,15,21H,14H2,1-2H3,(H,25,26)/t21-/m0/s1. The van der Waals surface area contributed by atoms with Crippen LogP contribution in [0.2, 0.25) is 0 Å². The Bertz CT molecular complexity index is 904. The summed E-state index contributed by atoms with van der Waals surface area (Å²) in [6.07, 6.45) is 4.21. The van der Waals surface area contributed by atoms with Crippen molar-refractivity contribution in [2.24, 2.45) is 5.92 Å². The molecule has 4 rings (SSSR count). The lowest BCUT2D eigenvalue weighted by molar-refractivity contribution is -0.117. The molecule has 1 fully saturated rings. The summed E-state index contributed by atoms with van der Waals surface area (Å²) in [5.41, 5.74) is 5.36. The van der Waals surface area contributed by atoms with E-state index in [9.17, 15) is 4.79 Å². The zero-order chi connectivity index (χ0) is 18.1. The largest absolute Gasteiger partial charge is 0.324 e. The van der Waals surface area contributed by atoms with Crippen LogP contribution in [-0.4, -0.2) is 10.9 Å². The highest BCUT2D eigenvalue weighted by atomic mass is 16.2. The van der Waals surface area contributed by atoms with Gasteiger partial charge in [0, 0.05) is 11.6 Å². The number of hydrogen-bond donors (Lipinski definition) is 1. The van der Waals surface area contributed by atoms with Crippen molar-refractivity contribution < 1.29 is 4.79 Å². The van der Waals surface area contributed by atoms with E-state index in [1.807, 2.05) is 12.1 Å². The van der Waals surface area contributed by atoms with Gasteiger partial charge in [-0.05, 0) is 43.5 Å². The van der Waals surface area contributed by atoms with Crippen molar-refractivity contribution in [3.63, 3.8) is 0 Å². The molecule has 26 heavy (non-hydrogen) atoms. The maximum Gasteiger partial charge on any atom is 0.228 e. The number of aromatic nitrogens is 1. The number of benzene rings is 2. The number of hydrogen-bond acceptors (Lipinski definition) is 2. The number of nitrogens with one attached hydrogen (secondary N) is 1. The molecule has 2 aromatic carbocycles. The van der Waals surface area contributed by atoms with Crippen molar-refractivity contribution in [1.29, 1.82) is 0 Å². The van der Waals surface area contributed by atoms with Gasteiger partial charge in [0.05, 0.1) is 17.8 Å². The molecule has 0 saturated heterocycles. The minimum atomic E-state index is -0.246. The van der Waals surface area contributed by atoms with Gasteiger partial charge in [0.2, 0.25) is 5.91 Å². The lowest BCUT2D eigenvalue weighted by Gasteiger charge is -2.20. The predicted molar refractivity (Wildman–Crippen MR) is 104 cm³/mol. The van der Waals surface area contributed by atoms with Gasteiger partial charge in [-0.1, -0.05) is 59.7 Å². The predicted octanol–water partition coefficient (Wildman–Crippen LogP) is 4.64. The highest BCUT2D eigenvalue weighted by Gasteiger charge is 2.60. The fourth-order valence-corrected chi connectivity index (χ4v) is 3.90. The van der Waals surface area contributed by atoms with Crippen molar-refractivity contribution in [3.8, 4) is 0 Å². The minimum Gasteiger partial charge on any atom is -0.324 e. The number of rotatable bonds is 4. The summed E-state index contributed by atoms with van der Waals surface area (Å²) < 4.78 is 0. The van der Waals surface area contributed by atoms with E-state index in [0.29, 0.717) is 0 Å². The van der Waals surface area contributed by atoms with E-state index >= 15 is 0 Å². The Hall–Kier alpha value is -2.94. The van der Waals surface area contributed by atoms with Crippen molar-refractivity contribution in [1.82, 2.24) is 4.98 Å². The molecule has 3 nitrogen and oxygen atoms in total. The molecule has 1 aliphatic carbocycles. The van der Waals surface area contributed by atoms with Gasteiger partial charge in [-0.15, -0.1) is 0 Å². The van der Waals surface area contributed by atoms with Crippen LogP contribution in [0.4, 0.5) is 5.69 Å². The average Bonchev–Trinajstić information content (AvgIpc) is 3.40. The zero-order valence-corrected chi connectivity index (χ0v) is 15.1. The van der Waals surface area contributed by atoms with Gasteiger partial charge in [-0.2, -0.15) is 0 Å². The van der Waals surface area contributed by atoms with Crippen LogP contribution in [0, 0.1) is 19.8 Å². The van der Waals surface area contributed by atoms with E-state index in [4.69, 9.17) is 0 Å². The second-order valence-corrected chi connectivity index (χ2v) is 7.20. The second-order valence-electron chi connectivity index (χ2n) is 7.20. The maximum absolute atomic E-state index is 13.0. The van der Waals surface area contributed by atoms with E-state index in [-0.39, 0.29) is 17.2 Å². The Balaban J connectivity index is 1.71. The molecule has 3 heteroatoms. The molecule has 0 spiro atoms. The Labute approximate surface area is 154 Å². The summed E-state index contributed by atoms with van der Waals surface area (Å²) in [6.45, 7) is 4.20. The smallest absolute Gasteiger partial charge is 0.228 e. The molecule has 1 aliphatic rings. The topological polar surface area (TPSA) is 42.0 Å². The maximum atomic E-state index is 13.0. The Morgan fingerprint density at radius 1 is 1.00 bits per heavy atom. The number of carbonyl (C=O) groups is 1. The van der Waals surface area contributed by atoms with E-state index in [1.54, 1.807) is 12.4 Å². The fourth-order valence-electron chi connectivity index (χ4n) is 3.90. The van der Waals surface area contributed by atoms with Crippen LogP contribution >= 0.6 is 0 Å². The van der Waals surface area contributed by atoms with Crippen LogP contribution < -0.4 is 5.32 Å². The van der Waals surface area contributed by atoms with E-state index in [2.05, 4.69) is 72.7 Å². The summed E-state index contributed by atoms with van der Waals surface area (Å²) in [6, 6.07) is 20.8. The zero-order valence-electron chi connectivity index (χ0n) is 15.1. The van der Waals surface area contributed by atoms with Crippen LogP contribution in [-0.2, 0) is 10.2 Å². The van der Waals surface area contributed by atoms with E-state index in [1.165, 1.54) is 22.3 Å². The summed E-state index contributed by atoms with van der Waals surface area (Å²) in [5, 5.41) is 3.03. The minimum absolute atomic E-state index is 0.0565. The van der Waals surface area contributed by atoms with E-state index < -0.39 is 0 Å².